The molecule has 0 bridgehead atoms. The van der Waals surface area contributed by atoms with Crippen LogP contribution in [0.25, 0.3) is 0 Å². The molecule has 22 heavy (non-hydrogen) atoms. The third-order valence-corrected chi connectivity index (χ3v) is 4.73. The first-order valence-corrected chi connectivity index (χ1v) is 9.50. The van der Waals surface area contributed by atoms with Gasteiger partial charge in [0, 0.05) is 4.47 Å². The summed E-state index contributed by atoms with van der Waals surface area (Å²) in [6.07, 6.45) is 1.20. The Balaban J connectivity index is 2.41. The molecule has 0 aromatic heterocycles. The molecule has 0 fully saturated rings. The Labute approximate surface area is 139 Å². The predicted molar refractivity (Wildman–Crippen MR) is 92.8 cm³/mol. The van der Waals surface area contributed by atoms with Crippen molar-refractivity contribution in [3.63, 3.8) is 0 Å². The number of halogens is 1. The molecule has 0 saturated carbocycles. The Kier molecular flexibility index (Phi) is 5.47. The average molecular weight is 384 g/mol. The summed E-state index contributed by atoms with van der Waals surface area (Å²) in [5.41, 5.74) is 1.45. The molecule has 0 radical (unpaired) electrons. The van der Waals surface area contributed by atoms with Crippen molar-refractivity contribution in [2.24, 2.45) is 0 Å². The monoisotopic (exact) mass is 383 g/mol. The molecule has 2 rings (SSSR count). The molecule has 0 spiro atoms. The van der Waals surface area contributed by atoms with Crippen molar-refractivity contribution in [2.75, 3.05) is 17.2 Å². The number of ether oxygens (including phenoxy) is 1. The number of rotatable bonds is 6. The molecule has 0 amide bonds. The van der Waals surface area contributed by atoms with Gasteiger partial charge in [-0.1, -0.05) is 40.2 Å². The molecule has 0 heterocycles. The first-order chi connectivity index (χ1) is 10.4. The van der Waals surface area contributed by atoms with Crippen LogP contribution in [0.15, 0.2) is 53.0 Å². The summed E-state index contributed by atoms with van der Waals surface area (Å²) in [6, 6.07) is 14.7. The molecular formula is C16H18BrNO3S. The fourth-order valence-electron chi connectivity index (χ4n) is 2.08. The lowest BCUT2D eigenvalue weighted by atomic mass is 10.2. The van der Waals surface area contributed by atoms with E-state index in [2.05, 4.69) is 15.9 Å². The van der Waals surface area contributed by atoms with Crippen molar-refractivity contribution < 1.29 is 13.2 Å². The van der Waals surface area contributed by atoms with Crippen molar-refractivity contribution in [1.29, 1.82) is 0 Å². The van der Waals surface area contributed by atoms with Gasteiger partial charge in [0.25, 0.3) is 0 Å². The van der Waals surface area contributed by atoms with Crippen LogP contribution in [0, 0.1) is 0 Å². The minimum absolute atomic E-state index is 0.260. The number of para-hydroxylation sites is 2. The average Bonchev–Trinajstić information content (AvgIpc) is 2.47. The van der Waals surface area contributed by atoms with Crippen LogP contribution in [-0.4, -0.2) is 21.3 Å². The number of sulfonamides is 1. The zero-order valence-electron chi connectivity index (χ0n) is 12.5. The van der Waals surface area contributed by atoms with Crippen molar-refractivity contribution in [1.82, 2.24) is 0 Å². The Morgan fingerprint density at radius 2 is 1.73 bits per heavy atom. The number of anilines is 1. The van der Waals surface area contributed by atoms with Gasteiger partial charge in [0.05, 0.1) is 25.1 Å². The first-order valence-electron chi connectivity index (χ1n) is 6.86. The Bertz CT molecular complexity index is 729. The van der Waals surface area contributed by atoms with E-state index in [-0.39, 0.29) is 6.54 Å². The minimum atomic E-state index is -3.43. The van der Waals surface area contributed by atoms with E-state index in [4.69, 9.17) is 4.74 Å². The first kappa shape index (κ1) is 16.8. The van der Waals surface area contributed by atoms with E-state index >= 15 is 0 Å². The lowest BCUT2D eigenvalue weighted by molar-refractivity contribution is 0.341. The summed E-state index contributed by atoms with van der Waals surface area (Å²) in [6.45, 7) is 2.61. The normalized spacial score (nSPS) is 11.2. The highest BCUT2D eigenvalue weighted by Gasteiger charge is 2.21. The van der Waals surface area contributed by atoms with Crippen LogP contribution in [0.4, 0.5) is 5.69 Å². The van der Waals surface area contributed by atoms with Crippen molar-refractivity contribution in [2.45, 2.75) is 13.5 Å². The molecule has 0 N–H and O–H groups in total. The van der Waals surface area contributed by atoms with Crippen LogP contribution in [-0.2, 0) is 16.6 Å². The SMILES string of the molecule is CCOc1ccccc1N(Cc1ccc(Br)cc1)S(C)(=O)=O. The Morgan fingerprint density at radius 1 is 1.09 bits per heavy atom. The van der Waals surface area contributed by atoms with Gasteiger partial charge < -0.3 is 4.74 Å². The van der Waals surface area contributed by atoms with E-state index in [1.54, 1.807) is 18.2 Å². The largest absolute Gasteiger partial charge is 0.492 e. The molecule has 2 aromatic rings. The zero-order chi connectivity index (χ0) is 16.2. The smallest absolute Gasteiger partial charge is 0.232 e. The van der Waals surface area contributed by atoms with E-state index in [1.807, 2.05) is 37.3 Å². The molecule has 6 heteroatoms. The summed E-state index contributed by atoms with van der Waals surface area (Å²) in [7, 11) is -3.43. The van der Waals surface area contributed by atoms with Crippen LogP contribution < -0.4 is 9.04 Å². The molecule has 2 aromatic carbocycles. The quantitative estimate of drug-likeness (QED) is 0.761. The zero-order valence-corrected chi connectivity index (χ0v) is 14.9. The maximum atomic E-state index is 12.2. The summed E-state index contributed by atoms with van der Waals surface area (Å²) >= 11 is 3.38. The second-order valence-electron chi connectivity index (χ2n) is 4.80. The van der Waals surface area contributed by atoms with Crippen LogP contribution in [0.2, 0.25) is 0 Å². The van der Waals surface area contributed by atoms with Gasteiger partial charge in [-0.05, 0) is 36.8 Å². The molecular weight excluding hydrogens is 366 g/mol. The van der Waals surface area contributed by atoms with Gasteiger partial charge in [0.2, 0.25) is 10.0 Å². The van der Waals surface area contributed by atoms with Gasteiger partial charge >= 0.3 is 0 Å². The molecule has 0 aliphatic carbocycles. The highest BCUT2D eigenvalue weighted by atomic mass is 79.9. The third kappa shape index (κ3) is 4.24. The molecule has 0 unspecified atom stereocenters. The summed E-state index contributed by atoms with van der Waals surface area (Å²) in [5, 5.41) is 0. The predicted octanol–water partition coefficient (Wildman–Crippen LogP) is 3.81. The van der Waals surface area contributed by atoms with Gasteiger partial charge in [-0.15, -0.1) is 0 Å². The summed E-state index contributed by atoms with van der Waals surface area (Å²) < 4.78 is 32.3. The van der Waals surface area contributed by atoms with Gasteiger partial charge in [-0.25, -0.2) is 8.42 Å². The Hall–Kier alpha value is -1.53. The van der Waals surface area contributed by atoms with Gasteiger partial charge in [0.15, 0.2) is 0 Å². The fraction of sp³-hybridized carbons (Fsp3) is 0.250. The van der Waals surface area contributed by atoms with Gasteiger partial charge in [-0.2, -0.15) is 0 Å². The van der Waals surface area contributed by atoms with Crippen LogP contribution in [0.5, 0.6) is 5.75 Å². The molecule has 4 nitrogen and oxygen atoms in total. The van der Waals surface area contributed by atoms with Crippen LogP contribution >= 0.6 is 15.9 Å². The molecule has 118 valence electrons. The second kappa shape index (κ2) is 7.15. The summed E-state index contributed by atoms with van der Waals surface area (Å²) in [5.74, 6) is 0.563. The van der Waals surface area contributed by atoms with Gasteiger partial charge in [-0.3, -0.25) is 4.31 Å². The van der Waals surface area contributed by atoms with E-state index in [1.165, 1.54) is 10.6 Å². The van der Waals surface area contributed by atoms with E-state index < -0.39 is 10.0 Å². The molecule has 0 aliphatic heterocycles. The Morgan fingerprint density at radius 3 is 2.32 bits per heavy atom. The highest BCUT2D eigenvalue weighted by Crippen LogP contribution is 2.31. The number of hydrogen-bond acceptors (Lipinski definition) is 3. The van der Waals surface area contributed by atoms with E-state index in [0.717, 1.165) is 10.0 Å². The fourth-order valence-corrected chi connectivity index (χ4v) is 3.23. The minimum Gasteiger partial charge on any atom is -0.492 e. The topological polar surface area (TPSA) is 46.6 Å². The number of benzene rings is 2. The van der Waals surface area contributed by atoms with E-state index in [0.29, 0.717) is 18.0 Å². The third-order valence-electron chi connectivity index (χ3n) is 3.07. The molecule has 0 atom stereocenters. The van der Waals surface area contributed by atoms with Crippen LogP contribution in [0.1, 0.15) is 12.5 Å². The highest BCUT2D eigenvalue weighted by molar-refractivity contribution is 9.10. The number of nitrogens with zero attached hydrogens (tertiary/aromatic N) is 1. The molecule has 0 saturated heterocycles. The lowest BCUT2D eigenvalue weighted by Crippen LogP contribution is -2.29. The maximum absolute atomic E-state index is 12.2. The standard InChI is InChI=1S/C16H18BrNO3S/c1-3-21-16-7-5-4-6-15(16)18(22(2,19)20)12-13-8-10-14(17)11-9-13/h4-11H,3,12H2,1-2H3. The van der Waals surface area contributed by atoms with E-state index in [9.17, 15) is 8.42 Å². The van der Waals surface area contributed by atoms with Crippen LogP contribution in [0.3, 0.4) is 0 Å². The van der Waals surface area contributed by atoms with Gasteiger partial charge in [0.1, 0.15) is 5.75 Å². The second-order valence-corrected chi connectivity index (χ2v) is 7.62. The molecule has 0 aliphatic rings. The van der Waals surface area contributed by atoms with Crippen molar-refractivity contribution in [3.05, 3.63) is 58.6 Å². The lowest BCUT2D eigenvalue weighted by Gasteiger charge is -2.24. The maximum Gasteiger partial charge on any atom is 0.232 e. The van der Waals surface area contributed by atoms with Crippen molar-refractivity contribution >= 4 is 31.6 Å². The number of hydrogen-bond donors (Lipinski definition) is 0. The van der Waals surface area contributed by atoms with Crippen molar-refractivity contribution in [3.8, 4) is 5.75 Å². The summed E-state index contributed by atoms with van der Waals surface area (Å²) in [4.78, 5) is 0.